The Morgan fingerprint density at radius 2 is 1.75 bits per heavy atom. The summed E-state index contributed by atoms with van der Waals surface area (Å²) >= 11 is 5.77. The molecule has 0 radical (unpaired) electrons. The van der Waals surface area contributed by atoms with Gasteiger partial charge in [-0.1, -0.05) is 11.6 Å². The molecule has 0 aliphatic rings. The van der Waals surface area contributed by atoms with Crippen molar-refractivity contribution < 1.29 is 22.8 Å². The highest BCUT2D eigenvalue weighted by Crippen LogP contribution is 2.38. The highest BCUT2D eigenvalue weighted by atomic mass is 35.5. The summed E-state index contributed by atoms with van der Waals surface area (Å²) in [6.45, 7) is 3.26. The van der Waals surface area contributed by atoms with Crippen LogP contribution >= 0.6 is 11.6 Å². The van der Waals surface area contributed by atoms with Gasteiger partial charge in [0.25, 0.3) is 0 Å². The van der Waals surface area contributed by atoms with Gasteiger partial charge in [0, 0.05) is 12.7 Å². The van der Waals surface area contributed by atoms with Crippen LogP contribution in [-0.2, 0) is 12.7 Å². The van der Waals surface area contributed by atoms with Crippen LogP contribution in [0.25, 0.3) is 0 Å². The second kappa shape index (κ2) is 7.15. The minimum atomic E-state index is -4.48. The Morgan fingerprint density at radius 3 is 2.15 bits per heavy atom. The van der Waals surface area contributed by atoms with Crippen molar-refractivity contribution in [3.63, 3.8) is 0 Å². The fourth-order valence-corrected chi connectivity index (χ4v) is 1.85. The first-order valence-corrected chi connectivity index (χ1v) is 6.36. The van der Waals surface area contributed by atoms with Gasteiger partial charge in [0.2, 0.25) is 0 Å². The summed E-state index contributed by atoms with van der Waals surface area (Å²) in [6.07, 6.45) is -4.48. The molecule has 0 aromatic heterocycles. The quantitative estimate of drug-likeness (QED) is 0.665. The maximum Gasteiger partial charge on any atom is 0.418 e. The third kappa shape index (κ3) is 5.19. The Balaban J connectivity index is 0.00000172. The SMILES string of the molecule is CC[N+](C)(C)Cc1cc(Cl)c(N)c(C(F)(F)F)c1.CO. The standard InChI is InChI=1S/C12H17ClF3N2.CH4O/c1-4-18(2,3)7-8-5-9(12(14,15)16)11(17)10(13)6-8;1-2/h5-6H,4,7,17H2,1-3H3;2H,1H3/q+1;. The van der Waals surface area contributed by atoms with Crippen molar-refractivity contribution in [2.75, 3.05) is 33.5 Å². The molecule has 0 unspecified atom stereocenters. The maximum atomic E-state index is 12.8. The van der Waals surface area contributed by atoms with Gasteiger partial charge in [-0.25, -0.2) is 0 Å². The zero-order chi connectivity index (χ0) is 16.1. The topological polar surface area (TPSA) is 46.2 Å². The molecule has 3 N–H and O–H groups in total. The maximum absolute atomic E-state index is 12.8. The molecule has 116 valence electrons. The number of aliphatic hydroxyl groups is 1. The van der Waals surface area contributed by atoms with E-state index in [-0.39, 0.29) is 5.02 Å². The van der Waals surface area contributed by atoms with Crippen molar-refractivity contribution in [1.29, 1.82) is 0 Å². The molecule has 1 aromatic rings. The summed E-state index contributed by atoms with van der Waals surface area (Å²) < 4.78 is 38.9. The molecule has 3 nitrogen and oxygen atoms in total. The van der Waals surface area contributed by atoms with E-state index in [2.05, 4.69) is 0 Å². The highest BCUT2D eigenvalue weighted by molar-refractivity contribution is 6.33. The van der Waals surface area contributed by atoms with E-state index in [1.165, 1.54) is 6.07 Å². The third-order valence-corrected chi connectivity index (χ3v) is 3.27. The Morgan fingerprint density at radius 1 is 1.25 bits per heavy atom. The summed E-state index contributed by atoms with van der Waals surface area (Å²) in [7, 11) is 4.88. The minimum Gasteiger partial charge on any atom is -0.400 e. The first-order valence-electron chi connectivity index (χ1n) is 5.98. The van der Waals surface area contributed by atoms with Crippen molar-refractivity contribution in [2.45, 2.75) is 19.6 Å². The average molecular weight is 314 g/mol. The fraction of sp³-hybridized carbons (Fsp3) is 0.538. The molecular weight excluding hydrogens is 293 g/mol. The second-order valence-corrected chi connectivity index (χ2v) is 5.35. The highest BCUT2D eigenvalue weighted by Gasteiger charge is 2.34. The molecule has 20 heavy (non-hydrogen) atoms. The van der Waals surface area contributed by atoms with E-state index < -0.39 is 17.4 Å². The zero-order valence-corrected chi connectivity index (χ0v) is 12.8. The van der Waals surface area contributed by atoms with E-state index in [4.69, 9.17) is 22.4 Å². The van der Waals surface area contributed by atoms with Crippen LogP contribution < -0.4 is 5.73 Å². The van der Waals surface area contributed by atoms with E-state index in [9.17, 15) is 13.2 Å². The monoisotopic (exact) mass is 313 g/mol. The predicted molar refractivity (Wildman–Crippen MR) is 75.4 cm³/mol. The molecule has 0 atom stereocenters. The van der Waals surface area contributed by atoms with E-state index >= 15 is 0 Å². The Hall–Kier alpha value is -0.980. The number of rotatable bonds is 3. The van der Waals surface area contributed by atoms with Gasteiger partial charge < -0.3 is 15.3 Å². The van der Waals surface area contributed by atoms with Gasteiger partial charge in [0.15, 0.2) is 0 Å². The molecule has 0 heterocycles. The number of benzene rings is 1. The number of nitrogens with two attached hydrogens (primary N) is 1. The van der Waals surface area contributed by atoms with Crippen molar-refractivity contribution in [3.05, 3.63) is 28.3 Å². The molecule has 0 saturated carbocycles. The lowest BCUT2D eigenvalue weighted by Gasteiger charge is -2.28. The van der Waals surface area contributed by atoms with Crippen LogP contribution in [0.15, 0.2) is 12.1 Å². The van der Waals surface area contributed by atoms with Crippen LogP contribution in [0.2, 0.25) is 5.02 Å². The van der Waals surface area contributed by atoms with Gasteiger partial charge in [-0.3, -0.25) is 0 Å². The number of nitrogens with zero attached hydrogens (tertiary/aromatic N) is 1. The largest absolute Gasteiger partial charge is 0.418 e. The van der Waals surface area contributed by atoms with Crippen molar-refractivity contribution in [3.8, 4) is 0 Å². The van der Waals surface area contributed by atoms with Crippen LogP contribution in [0.1, 0.15) is 18.1 Å². The first-order chi connectivity index (χ1) is 9.07. The summed E-state index contributed by atoms with van der Waals surface area (Å²) in [5.74, 6) is 0. The number of aliphatic hydroxyl groups excluding tert-OH is 1. The molecule has 0 amide bonds. The number of hydrogen-bond donors (Lipinski definition) is 2. The van der Waals surface area contributed by atoms with Crippen LogP contribution in [0.5, 0.6) is 0 Å². The van der Waals surface area contributed by atoms with Crippen molar-refractivity contribution >= 4 is 17.3 Å². The summed E-state index contributed by atoms with van der Waals surface area (Å²) in [6, 6.07) is 2.58. The predicted octanol–water partition coefficient (Wildman–Crippen LogP) is 3.15. The summed E-state index contributed by atoms with van der Waals surface area (Å²) in [5.41, 5.74) is 4.64. The normalized spacial score (nSPS) is 11.8. The Bertz CT molecular complexity index is 448. The van der Waals surface area contributed by atoms with E-state index in [1.807, 2.05) is 21.0 Å². The van der Waals surface area contributed by atoms with E-state index in [0.29, 0.717) is 16.6 Å². The fourth-order valence-electron chi connectivity index (χ4n) is 1.61. The van der Waals surface area contributed by atoms with Gasteiger partial charge in [-0.05, 0) is 19.1 Å². The molecule has 7 heteroatoms. The molecule has 0 aliphatic carbocycles. The lowest BCUT2D eigenvalue weighted by molar-refractivity contribution is -0.901. The molecule has 0 aliphatic heterocycles. The molecule has 0 spiro atoms. The number of anilines is 1. The van der Waals surface area contributed by atoms with Crippen LogP contribution in [-0.4, -0.2) is 37.3 Å². The molecule has 0 saturated heterocycles. The lowest BCUT2D eigenvalue weighted by Crippen LogP contribution is -2.38. The number of alkyl halides is 3. The molecule has 1 aromatic carbocycles. The van der Waals surface area contributed by atoms with Crippen molar-refractivity contribution in [1.82, 2.24) is 0 Å². The Kier molecular flexibility index (Phi) is 6.80. The molecular formula is C13H21ClF3N2O+. The smallest absolute Gasteiger partial charge is 0.400 e. The number of hydrogen-bond acceptors (Lipinski definition) is 2. The number of nitrogen functional groups attached to an aromatic ring is 1. The van der Waals surface area contributed by atoms with E-state index in [1.54, 1.807) is 0 Å². The summed E-state index contributed by atoms with van der Waals surface area (Å²) in [5, 5.41) is 6.95. The van der Waals surface area contributed by atoms with Gasteiger partial charge in [-0.2, -0.15) is 13.2 Å². The number of quaternary nitrogens is 1. The number of halogens is 4. The van der Waals surface area contributed by atoms with Gasteiger partial charge >= 0.3 is 6.18 Å². The van der Waals surface area contributed by atoms with Gasteiger partial charge in [0.05, 0.1) is 36.9 Å². The van der Waals surface area contributed by atoms with Crippen molar-refractivity contribution in [2.24, 2.45) is 0 Å². The average Bonchev–Trinajstić information content (AvgIpc) is 2.34. The second-order valence-electron chi connectivity index (χ2n) is 4.95. The first kappa shape index (κ1) is 19.0. The third-order valence-electron chi connectivity index (χ3n) is 2.96. The summed E-state index contributed by atoms with van der Waals surface area (Å²) in [4.78, 5) is 0. The van der Waals surface area contributed by atoms with Crippen LogP contribution in [0, 0.1) is 0 Å². The van der Waals surface area contributed by atoms with Crippen LogP contribution in [0.3, 0.4) is 0 Å². The molecule has 0 bridgehead atoms. The molecule has 0 fully saturated rings. The van der Waals surface area contributed by atoms with Crippen LogP contribution in [0.4, 0.5) is 18.9 Å². The minimum absolute atomic E-state index is 0.0454. The van der Waals surface area contributed by atoms with Gasteiger partial charge in [-0.15, -0.1) is 0 Å². The Labute approximate surface area is 122 Å². The lowest BCUT2D eigenvalue weighted by atomic mass is 10.1. The molecule has 1 rings (SSSR count). The zero-order valence-electron chi connectivity index (χ0n) is 12.1. The van der Waals surface area contributed by atoms with Gasteiger partial charge in [0.1, 0.15) is 6.54 Å². The van der Waals surface area contributed by atoms with E-state index in [0.717, 1.165) is 19.7 Å².